The lowest BCUT2D eigenvalue weighted by molar-refractivity contribution is 0.0811. The van der Waals surface area contributed by atoms with Crippen LogP contribution in [0.2, 0.25) is 5.02 Å². The highest BCUT2D eigenvalue weighted by atomic mass is 35.5. The van der Waals surface area contributed by atoms with Gasteiger partial charge in [0.2, 0.25) is 0 Å². The van der Waals surface area contributed by atoms with E-state index in [0.717, 1.165) is 28.7 Å². The molecule has 0 saturated heterocycles. The predicted octanol–water partition coefficient (Wildman–Crippen LogP) is 6.91. The average Bonchev–Trinajstić information content (AvgIpc) is 2.90. The molecule has 0 aromatic heterocycles. The first kappa shape index (κ1) is 15.0. The molecule has 5 unspecified atom stereocenters. The van der Waals surface area contributed by atoms with Crippen molar-refractivity contribution in [1.29, 1.82) is 0 Å². The molecule has 1 heteroatoms. The molecule has 5 atom stereocenters. The molecule has 0 nitrogen and oxygen atoms in total. The molecule has 0 radical (unpaired) electrons. The van der Waals surface area contributed by atoms with Crippen molar-refractivity contribution in [3.63, 3.8) is 0 Å². The maximum Gasteiger partial charge on any atom is 0.0487 e. The maximum absolute atomic E-state index is 6.63. The Bertz CT molecular complexity index is 775. The normalized spacial score (nSPS) is 33.8. The molecule has 0 N–H and O–H groups in total. The van der Waals surface area contributed by atoms with Gasteiger partial charge in [0.25, 0.3) is 0 Å². The first-order valence-electron chi connectivity index (χ1n) is 9.60. The number of fused-ring (bicyclic) bond motifs is 5. The second-order valence-electron chi connectivity index (χ2n) is 8.45. The summed E-state index contributed by atoms with van der Waals surface area (Å²) in [5.41, 5.74) is 5.72. The highest BCUT2D eigenvalue weighted by Gasteiger charge is 2.43. The van der Waals surface area contributed by atoms with E-state index in [1.807, 2.05) is 0 Å². The van der Waals surface area contributed by atoms with Crippen LogP contribution in [0.1, 0.15) is 56.1 Å². The van der Waals surface area contributed by atoms with Crippen molar-refractivity contribution in [2.75, 3.05) is 0 Å². The van der Waals surface area contributed by atoms with Crippen molar-refractivity contribution in [3.05, 3.63) is 58.6 Å². The first-order valence-corrected chi connectivity index (χ1v) is 9.98. The Morgan fingerprint density at radius 2 is 1.71 bits per heavy atom. The number of halogens is 1. The fraction of sp³-hybridized carbons (Fsp3) is 0.478. The van der Waals surface area contributed by atoms with Gasteiger partial charge in [-0.25, -0.2) is 0 Å². The van der Waals surface area contributed by atoms with E-state index in [-0.39, 0.29) is 0 Å². The van der Waals surface area contributed by atoms with Crippen LogP contribution in [0.15, 0.2) is 42.5 Å². The van der Waals surface area contributed by atoms with Gasteiger partial charge in [-0.3, -0.25) is 0 Å². The summed E-state index contributed by atoms with van der Waals surface area (Å²) in [6, 6.07) is 15.5. The van der Waals surface area contributed by atoms with Crippen molar-refractivity contribution in [2.45, 2.75) is 44.9 Å². The van der Waals surface area contributed by atoms with E-state index in [0.29, 0.717) is 5.92 Å². The molecule has 2 bridgehead atoms. The van der Waals surface area contributed by atoms with Gasteiger partial charge >= 0.3 is 0 Å². The maximum atomic E-state index is 6.63. The summed E-state index contributed by atoms with van der Waals surface area (Å²) in [6.07, 6.45) is 7.18. The van der Waals surface area contributed by atoms with Crippen LogP contribution in [-0.4, -0.2) is 0 Å². The van der Waals surface area contributed by atoms with Crippen LogP contribution >= 0.6 is 11.6 Å². The van der Waals surface area contributed by atoms with E-state index < -0.39 is 0 Å². The predicted molar refractivity (Wildman–Crippen MR) is 101 cm³/mol. The van der Waals surface area contributed by atoms with Crippen LogP contribution in [0, 0.1) is 23.7 Å². The molecule has 3 aliphatic carbocycles. The van der Waals surface area contributed by atoms with Gasteiger partial charge in [-0.2, -0.15) is 0 Å². The lowest BCUT2D eigenvalue weighted by Gasteiger charge is -2.45. The summed E-state index contributed by atoms with van der Waals surface area (Å²) in [5, 5.41) is 0.924. The zero-order valence-electron chi connectivity index (χ0n) is 14.3. The minimum absolute atomic E-state index is 0.561. The number of hydrogen-bond acceptors (Lipinski definition) is 0. The van der Waals surface area contributed by atoms with Crippen LogP contribution in [0.25, 0.3) is 11.1 Å². The average molecular weight is 337 g/mol. The van der Waals surface area contributed by atoms with Gasteiger partial charge in [0.15, 0.2) is 0 Å². The Hall–Kier alpha value is -1.27. The highest BCUT2D eigenvalue weighted by molar-refractivity contribution is 6.33. The fourth-order valence-electron chi connectivity index (χ4n) is 6.20. The molecule has 0 spiro atoms. The quantitative estimate of drug-likeness (QED) is 0.530. The summed E-state index contributed by atoms with van der Waals surface area (Å²) in [4.78, 5) is 0. The van der Waals surface area contributed by atoms with Crippen molar-refractivity contribution in [1.82, 2.24) is 0 Å². The van der Waals surface area contributed by atoms with Gasteiger partial charge in [0, 0.05) is 16.5 Å². The van der Waals surface area contributed by atoms with Crippen LogP contribution in [0.3, 0.4) is 0 Å². The molecular formula is C23H25Cl. The minimum atomic E-state index is 0.561. The summed E-state index contributed by atoms with van der Waals surface area (Å²) in [5.74, 6) is 4.16. The Morgan fingerprint density at radius 3 is 2.62 bits per heavy atom. The zero-order chi connectivity index (χ0) is 16.3. The van der Waals surface area contributed by atoms with Gasteiger partial charge in [0.1, 0.15) is 0 Å². The van der Waals surface area contributed by atoms with Crippen LogP contribution in [-0.2, 0) is 0 Å². The molecule has 0 heterocycles. The molecule has 0 aliphatic heterocycles. The van der Waals surface area contributed by atoms with Crippen molar-refractivity contribution in [3.8, 4) is 11.1 Å². The molecule has 2 saturated carbocycles. The summed E-state index contributed by atoms with van der Waals surface area (Å²) in [7, 11) is 0. The smallest absolute Gasteiger partial charge is 0.0487 e. The summed E-state index contributed by atoms with van der Waals surface area (Å²) < 4.78 is 0. The number of benzene rings is 2. The van der Waals surface area contributed by atoms with Gasteiger partial charge in [-0.1, -0.05) is 61.3 Å². The highest BCUT2D eigenvalue weighted by Crippen LogP contribution is 2.57. The van der Waals surface area contributed by atoms with Gasteiger partial charge < -0.3 is 0 Å². The second-order valence-corrected chi connectivity index (χ2v) is 8.86. The Morgan fingerprint density at radius 1 is 0.875 bits per heavy atom. The molecule has 124 valence electrons. The fourth-order valence-corrected chi connectivity index (χ4v) is 6.48. The second kappa shape index (κ2) is 5.63. The van der Waals surface area contributed by atoms with E-state index in [4.69, 9.17) is 11.6 Å². The number of hydrogen-bond donors (Lipinski definition) is 0. The molecule has 5 rings (SSSR count). The van der Waals surface area contributed by atoms with Crippen LogP contribution < -0.4 is 0 Å². The van der Waals surface area contributed by atoms with E-state index in [1.165, 1.54) is 54.4 Å². The largest absolute Gasteiger partial charge is 0.0837 e. The Kier molecular flexibility index (Phi) is 3.52. The molecule has 2 aromatic rings. The lowest BCUT2D eigenvalue weighted by Crippen LogP contribution is -2.35. The van der Waals surface area contributed by atoms with Crippen molar-refractivity contribution >= 4 is 11.6 Å². The third kappa shape index (κ3) is 2.19. The van der Waals surface area contributed by atoms with Gasteiger partial charge in [0.05, 0.1) is 0 Å². The molecule has 0 amide bonds. The third-order valence-corrected chi connectivity index (χ3v) is 7.28. The number of rotatable bonds is 1. The Labute approximate surface area is 150 Å². The molecule has 3 aliphatic rings. The summed E-state index contributed by atoms with van der Waals surface area (Å²) >= 11 is 6.63. The van der Waals surface area contributed by atoms with Crippen molar-refractivity contribution < 1.29 is 0 Å². The minimum Gasteiger partial charge on any atom is -0.0837 e. The standard InChI is InChI=1S/C23H25Cl/c1-14-11-15-9-10-17(16(12-14)13-15)22-18-5-2-3-6-19(18)23-20(22)7-4-8-21(23)24/h2-8,14-17,22H,9-13H2,1H3. The van der Waals surface area contributed by atoms with Crippen LogP contribution in [0.5, 0.6) is 0 Å². The third-order valence-electron chi connectivity index (χ3n) is 6.96. The molecular weight excluding hydrogens is 312 g/mol. The van der Waals surface area contributed by atoms with Gasteiger partial charge in [-0.05, 0) is 72.1 Å². The Balaban J connectivity index is 1.62. The lowest BCUT2D eigenvalue weighted by atomic mass is 9.60. The molecule has 2 fully saturated rings. The van der Waals surface area contributed by atoms with Crippen LogP contribution in [0.4, 0.5) is 0 Å². The van der Waals surface area contributed by atoms with E-state index >= 15 is 0 Å². The SMILES string of the molecule is CC1CC2CCC(C3c4ccccc4-c4c(Cl)cccc43)C(C1)C2. The van der Waals surface area contributed by atoms with E-state index in [2.05, 4.69) is 49.4 Å². The topological polar surface area (TPSA) is 0 Å². The van der Waals surface area contributed by atoms with E-state index in [9.17, 15) is 0 Å². The van der Waals surface area contributed by atoms with Crippen molar-refractivity contribution in [2.24, 2.45) is 23.7 Å². The summed E-state index contributed by atoms with van der Waals surface area (Å²) in [6.45, 7) is 2.47. The first-order chi connectivity index (χ1) is 11.7. The zero-order valence-corrected chi connectivity index (χ0v) is 15.1. The monoisotopic (exact) mass is 336 g/mol. The van der Waals surface area contributed by atoms with Gasteiger partial charge in [-0.15, -0.1) is 0 Å². The molecule has 2 aromatic carbocycles. The molecule has 24 heavy (non-hydrogen) atoms. The van der Waals surface area contributed by atoms with E-state index in [1.54, 1.807) is 0 Å².